The number of halogens is 2. The minimum Gasteiger partial charge on any atom is -0.318 e. The van der Waals surface area contributed by atoms with E-state index in [0.717, 1.165) is 0 Å². The fourth-order valence-corrected chi connectivity index (χ4v) is 1.08. The first kappa shape index (κ1) is 12.2. The number of hydrogen-bond acceptors (Lipinski definition) is 3. The van der Waals surface area contributed by atoms with Crippen molar-refractivity contribution in [2.24, 2.45) is 0 Å². The van der Waals surface area contributed by atoms with Crippen molar-refractivity contribution in [2.75, 3.05) is 24.8 Å². The molecule has 2 amide bonds. The van der Waals surface area contributed by atoms with Crippen LogP contribution in [0.15, 0.2) is 0 Å². The number of nitrogens with zero attached hydrogens (tertiary/aromatic N) is 2. The topological polar surface area (TPSA) is 75.5 Å². The van der Waals surface area contributed by atoms with Gasteiger partial charge in [-0.1, -0.05) is 5.43 Å². The highest BCUT2D eigenvalue weighted by atomic mass is 35.5. The van der Waals surface area contributed by atoms with Crippen LogP contribution >= 0.6 is 23.2 Å². The van der Waals surface area contributed by atoms with E-state index in [9.17, 15) is 14.9 Å². The Morgan fingerprint density at radius 3 is 2.15 bits per heavy atom. The molecule has 76 valence electrons. The van der Waals surface area contributed by atoms with Crippen LogP contribution in [0.2, 0.25) is 0 Å². The summed E-state index contributed by atoms with van der Waals surface area (Å²) in [5, 5.41) is 8.98. The van der Waals surface area contributed by atoms with Crippen molar-refractivity contribution in [2.45, 2.75) is 0 Å². The Balaban J connectivity index is 4.02. The second-order valence-corrected chi connectivity index (χ2v) is 2.80. The number of carbonyl (C=O) groups excluding carboxylic acids is 1. The molecule has 13 heavy (non-hydrogen) atoms. The van der Waals surface area contributed by atoms with Crippen molar-refractivity contribution in [3.63, 3.8) is 0 Å². The molecule has 0 aliphatic rings. The number of nitro groups is 1. The molecule has 0 atom stereocenters. The number of hydrogen-bond donors (Lipinski definition) is 1. The first-order chi connectivity index (χ1) is 6.11. The predicted molar refractivity (Wildman–Crippen MR) is 48.5 cm³/mol. The predicted octanol–water partition coefficient (Wildman–Crippen LogP) is 0.667. The summed E-state index contributed by atoms with van der Waals surface area (Å²) in [6.07, 6.45) is 0. The summed E-state index contributed by atoms with van der Waals surface area (Å²) < 4.78 is 0. The summed E-state index contributed by atoms with van der Waals surface area (Å²) in [7, 11) is 0. The highest BCUT2D eigenvalue weighted by molar-refractivity contribution is 6.18. The van der Waals surface area contributed by atoms with Crippen LogP contribution < -0.4 is 5.43 Å². The molecule has 0 heterocycles. The molecule has 0 saturated carbocycles. The Morgan fingerprint density at radius 2 is 1.85 bits per heavy atom. The van der Waals surface area contributed by atoms with Gasteiger partial charge in [-0.3, -0.25) is 0 Å². The number of carbonyl (C=O) groups is 1. The van der Waals surface area contributed by atoms with Gasteiger partial charge in [0.15, 0.2) is 5.03 Å². The van der Waals surface area contributed by atoms with Gasteiger partial charge in [0.1, 0.15) is 0 Å². The van der Waals surface area contributed by atoms with Gasteiger partial charge in [-0.25, -0.2) is 14.9 Å². The Bertz CT molecular complexity index is 184. The van der Waals surface area contributed by atoms with Crippen LogP contribution in [-0.4, -0.2) is 40.8 Å². The second kappa shape index (κ2) is 6.73. The van der Waals surface area contributed by atoms with E-state index in [0.29, 0.717) is 0 Å². The smallest absolute Gasteiger partial charge is 0.318 e. The van der Waals surface area contributed by atoms with Gasteiger partial charge in [0.2, 0.25) is 0 Å². The molecule has 0 spiro atoms. The monoisotopic (exact) mass is 229 g/mol. The van der Waals surface area contributed by atoms with E-state index < -0.39 is 11.1 Å². The van der Waals surface area contributed by atoms with E-state index in [1.807, 2.05) is 0 Å². The third-order valence-electron chi connectivity index (χ3n) is 1.18. The maximum atomic E-state index is 11.0. The van der Waals surface area contributed by atoms with Crippen molar-refractivity contribution in [3.8, 4) is 0 Å². The maximum absolute atomic E-state index is 11.0. The van der Waals surface area contributed by atoms with Crippen molar-refractivity contribution in [1.29, 1.82) is 0 Å². The van der Waals surface area contributed by atoms with Gasteiger partial charge in [-0.2, -0.15) is 0 Å². The first-order valence-corrected chi connectivity index (χ1v) is 4.50. The zero-order valence-corrected chi connectivity index (χ0v) is 8.22. The number of alkyl halides is 2. The van der Waals surface area contributed by atoms with E-state index in [4.69, 9.17) is 23.2 Å². The van der Waals surface area contributed by atoms with E-state index in [1.165, 1.54) is 10.3 Å². The van der Waals surface area contributed by atoms with Gasteiger partial charge >= 0.3 is 6.03 Å². The minimum absolute atomic E-state index is 0.210. The molecule has 0 fully saturated rings. The molecule has 0 radical (unpaired) electrons. The van der Waals surface area contributed by atoms with E-state index in [2.05, 4.69) is 0 Å². The zero-order chi connectivity index (χ0) is 10.3. The summed E-state index contributed by atoms with van der Waals surface area (Å²) in [4.78, 5) is 22.1. The molecule has 0 aromatic rings. The fraction of sp³-hybridized carbons (Fsp3) is 0.800. The molecule has 6 nitrogen and oxygen atoms in total. The molecular formula is C5H9Cl2N3O3. The summed E-state index contributed by atoms with van der Waals surface area (Å²) in [6, 6.07) is -0.800. The molecule has 0 saturated heterocycles. The fourth-order valence-electron chi connectivity index (χ4n) is 0.668. The van der Waals surface area contributed by atoms with Crippen LogP contribution in [0.5, 0.6) is 0 Å². The van der Waals surface area contributed by atoms with Gasteiger partial charge < -0.3 is 4.90 Å². The van der Waals surface area contributed by atoms with E-state index >= 15 is 0 Å². The molecule has 8 heteroatoms. The summed E-state index contributed by atoms with van der Waals surface area (Å²) in [5.41, 5.74) is 1.50. The van der Waals surface area contributed by atoms with E-state index in [-0.39, 0.29) is 24.8 Å². The average Bonchev–Trinajstić information content (AvgIpc) is 2.02. The number of rotatable bonds is 5. The molecule has 0 aliphatic carbocycles. The highest BCUT2D eigenvalue weighted by Gasteiger charge is 2.15. The largest absolute Gasteiger partial charge is 0.375 e. The summed E-state index contributed by atoms with van der Waals surface area (Å²) in [5.74, 6) is 0.421. The Hall–Kier alpha value is -0.750. The van der Waals surface area contributed by atoms with E-state index in [1.54, 1.807) is 0 Å². The number of hydrazine groups is 1. The second-order valence-electron chi connectivity index (χ2n) is 2.04. The van der Waals surface area contributed by atoms with Crippen LogP contribution in [-0.2, 0) is 0 Å². The maximum Gasteiger partial charge on any atom is 0.375 e. The minimum atomic E-state index is -0.919. The lowest BCUT2D eigenvalue weighted by atomic mass is 10.5. The van der Waals surface area contributed by atoms with Crippen molar-refractivity contribution < 1.29 is 9.83 Å². The number of urea groups is 1. The molecule has 1 N–H and O–H groups in total. The third-order valence-corrected chi connectivity index (χ3v) is 1.52. The molecule has 0 aromatic carbocycles. The lowest BCUT2D eigenvalue weighted by molar-refractivity contribution is -0.528. The zero-order valence-electron chi connectivity index (χ0n) is 6.70. The average molecular weight is 230 g/mol. The van der Waals surface area contributed by atoms with Crippen LogP contribution in [0, 0.1) is 10.1 Å². The van der Waals surface area contributed by atoms with Gasteiger partial charge in [0.05, 0.1) is 0 Å². The quantitative estimate of drug-likeness (QED) is 0.428. The molecule has 0 rings (SSSR count). The normalized spacial score (nSPS) is 9.38. The van der Waals surface area contributed by atoms with Gasteiger partial charge in [-0.15, -0.1) is 23.2 Å². The first-order valence-electron chi connectivity index (χ1n) is 3.43. The summed E-state index contributed by atoms with van der Waals surface area (Å²) >= 11 is 10.8. The van der Waals surface area contributed by atoms with Crippen molar-refractivity contribution in [3.05, 3.63) is 10.1 Å². The van der Waals surface area contributed by atoms with Gasteiger partial charge in [-0.05, 0) is 0 Å². The molecule has 0 bridgehead atoms. The third kappa shape index (κ3) is 5.48. The van der Waals surface area contributed by atoms with Crippen LogP contribution in [0.3, 0.4) is 0 Å². The molecule has 0 aromatic heterocycles. The van der Waals surface area contributed by atoms with Gasteiger partial charge in [0.25, 0.3) is 0 Å². The number of amides is 2. The van der Waals surface area contributed by atoms with Crippen LogP contribution in [0.1, 0.15) is 0 Å². The number of nitrogens with one attached hydrogen (secondary N) is 1. The SMILES string of the molecule is O=C(N[N+](=O)[O-])N(CCCl)CCCl. The lowest BCUT2D eigenvalue weighted by Crippen LogP contribution is -2.44. The standard InChI is InChI=1S/C5H9Cl2N3O3/c6-1-3-9(4-2-7)5(11)8-10(12)13/h1-4H2,(H,8,11). The Kier molecular flexibility index (Phi) is 6.34. The van der Waals surface area contributed by atoms with Crippen LogP contribution in [0.25, 0.3) is 0 Å². The van der Waals surface area contributed by atoms with Crippen molar-refractivity contribution in [1.82, 2.24) is 10.3 Å². The molecule has 0 unspecified atom stereocenters. The Labute approximate surface area is 84.9 Å². The Morgan fingerprint density at radius 1 is 1.38 bits per heavy atom. The lowest BCUT2D eigenvalue weighted by Gasteiger charge is -2.17. The van der Waals surface area contributed by atoms with Gasteiger partial charge in [0, 0.05) is 24.8 Å². The molecule has 0 aliphatic heterocycles. The van der Waals surface area contributed by atoms with Crippen LogP contribution in [0.4, 0.5) is 4.79 Å². The molecular weight excluding hydrogens is 221 g/mol. The van der Waals surface area contributed by atoms with Crippen molar-refractivity contribution >= 4 is 29.2 Å². The summed E-state index contributed by atoms with van der Waals surface area (Å²) in [6.45, 7) is 0.460. The highest BCUT2D eigenvalue weighted by Crippen LogP contribution is 1.92.